The van der Waals surface area contributed by atoms with Gasteiger partial charge in [-0.25, -0.2) is 4.79 Å². The molecule has 0 aliphatic carbocycles. The van der Waals surface area contributed by atoms with Gasteiger partial charge in [-0.05, 0) is 31.5 Å². The normalized spacial score (nSPS) is 20.1. The van der Waals surface area contributed by atoms with Crippen LogP contribution in [0.5, 0.6) is 11.5 Å². The summed E-state index contributed by atoms with van der Waals surface area (Å²) in [7, 11) is 1.71. The number of carbonyl (C=O) groups excluding carboxylic acids is 1. The quantitative estimate of drug-likeness (QED) is 0.823. The van der Waals surface area contributed by atoms with Crippen molar-refractivity contribution in [1.29, 1.82) is 0 Å². The highest BCUT2D eigenvalue weighted by atomic mass is 16.5. The zero-order valence-electron chi connectivity index (χ0n) is 14.8. The van der Waals surface area contributed by atoms with Crippen LogP contribution in [0.15, 0.2) is 18.2 Å². The van der Waals surface area contributed by atoms with Crippen LogP contribution >= 0.6 is 0 Å². The van der Waals surface area contributed by atoms with Crippen LogP contribution in [0.1, 0.15) is 19.3 Å². The standard InChI is InChI=1S/C18H27N3O4/c1-23-11-8-21-7-2-4-15(21)13-19-18(22)20-14-5-6-16-17(12-14)25-10-3-9-24-16/h5-6,12,15H,2-4,7-11,13H2,1H3,(H2,19,20,22)/t15-/m0/s1. The SMILES string of the molecule is COCCN1CCC[C@H]1CNC(=O)Nc1ccc2c(c1)OCCCO2. The lowest BCUT2D eigenvalue weighted by Crippen LogP contribution is -2.42. The Morgan fingerprint density at radius 2 is 2.12 bits per heavy atom. The molecule has 2 amide bonds. The molecule has 2 aliphatic heterocycles. The van der Waals surface area contributed by atoms with Crippen LogP contribution in [-0.2, 0) is 4.74 Å². The fourth-order valence-electron chi connectivity index (χ4n) is 3.26. The van der Waals surface area contributed by atoms with E-state index >= 15 is 0 Å². The molecular weight excluding hydrogens is 322 g/mol. The molecule has 1 aromatic rings. The van der Waals surface area contributed by atoms with Crippen LogP contribution in [0.2, 0.25) is 0 Å². The van der Waals surface area contributed by atoms with Crippen LogP contribution in [0.4, 0.5) is 10.5 Å². The molecule has 0 saturated carbocycles. The third kappa shape index (κ3) is 4.99. The number of likely N-dealkylation sites (tertiary alicyclic amines) is 1. The molecule has 138 valence electrons. The summed E-state index contributed by atoms with van der Waals surface area (Å²) in [5.74, 6) is 1.40. The Kier molecular flexibility index (Phi) is 6.36. The van der Waals surface area contributed by atoms with Gasteiger partial charge < -0.3 is 24.8 Å². The number of rotatable bonds is 6. The number of nitrogens with zero attached hydrogens (tertiary/aromatic N) is 1. The minimum absolute atomic E-state index is 0.201. The molecule has 1 saturated heterocycles. The average molecular weight is 349 g/mol. The first-order valence-electron chi connectivity index (χ1n) is 8.94. The number of hydrogen-bond donors (Lipinski definition) is 2. The van der Waals surface area contributed by atoms with Crippen molar-refractivity contribution in [1.82, 2.24) is 10.2 Å². The first-order chi connectivity index (χ1) is 12.3. The van der Waals surface area contributed by atoms with Gasteiger partial charge in [0.15, 0.2) is 11.5 Å². The van der Waals surface area contributed by atoms with Gasteiger partial charge in [-0.2, -0.15) is 0 Å². The number of methoxy groups -OCH3 is 1. The number of ether oxygens (including phenoxy) is 3. The van der Waals surface area contributed by atoms with E-state index in [1.165, 1.54) is 6.42 Å². The number of nitrogens with one attached hydrogen (secondary N) is 2. The number of fused-ring (bicyclic) bond motifs is 1. The van der Waals surface area contributed by atoms with Crippen LogP contribution in [0.3, 0.4) is 0 Å². The van der Waals surface area contributed by atoms with Gasteiger partial charge in [0.2, 0.25) is 0 Å². The summed E-state index contributed by atoms with van der Waals surface area (Å²) in [6.45, 7) is 4.62. The Morgan fingerprint density at radius 3 is 2.96 bits per heavy atom. The largest absolute Gasteiger partial charge is 0.490 e. The summed E-state index contributed by atoms with van der Waals surface area (Å²) in [5, 5.41) is 5.83. The molecule has 2 aliphatic rings. The molecule has 1 fully saturated rings. The highest BCUT2D eigenvalue weighted by molar-refractivity contribution is 5.89. The molecule has 7 heteroatoms. The van der Waals surface area contributed by atoms with Crippen LogP contribution in [-0.4, -0.2) is 63.5 Å². The van der Waals surface area contributed by atoms with E-state index in [4.69, 9.17) is 14.2 Å². The number of urea groups is 1. The molecule has 2 heterocycles. The van der Waals surface area contributed by atoms with E-state index in [1.54, 1.807) is 13.2 Å². The fraction of sp³-hybridized carbons (Fsp3) is 0.611. The highest BCUT2D eigenvalue weighted by Gasteiger charge is 2.24. The summed E-state index contributed by atoms with van der Waals surface area (Å²) in [5.41, 5.74) is 0.699. The molecule has 25 heavy (non-hydrogen) atoms. The molecule has 2 N–H and O–H groups in total. The van der Waals surface area contributed by atoms with E-state index in [0.29, 0.717) is 37.2 Å². The summed E-state index contributed by atoms with van der Waals surface area (Å²) in [6, 6.07) is 5.64. The second-order valence-electron chi connectivity index (χ2n) is 6.37. The van der Waals surface area contributed by atoms with Gasteiger partial charge in [0.1, 0.15) is 0 Å². The Morgan fingerprint density at radius 1 is 1.28 bits per heavy atom. The topological polar surface area (TPSA) is 72.1 Å². The monoisotopic (exact) mass is 349 g/mol. The predicted octanol–water partition coefficient (Wildman–Crippen LogP) is 2.08. The zero-order chi connectivity index (χ0) is 17.5. The second-order valence-corrected chi connectivity index (χ2v) is 6.37. The Hall–Kier alpha value is -1.99. The summed E-state index contributed by atoms with van der Waals surface area (Å²) in [4.78, 5) is 14.6. The van der Waals surface area contributed by atoms with Crippen molar-refractivity contribution in [3.63, 3.8) is 0 Å². The van der Waals surface area contributed by atoms with E-state index < -0.39 is 0 Å². The minimum atomic E-state index is -0.201. The van der Waals surface area contributed by atoms with Gasteiger partial charge in [-0.1, -0.05) is 0 Å². The third-order valence-electron chi connectivity index (χ3n) is 4.59. The van der Waals surface area contributed by atoms with E-state index in [0.717, 1.165) is 38.3 Å². The van der Waals surface area contributed by atoms with Crippen molar-refractivity contribution in [3.05, 3.63) is 18.2 Å². The number of hydrogen-bond acceptors (Lipinski definition) is 5. The maximum Gasteiger partial charge on any atom is 0.319 e. The zero-order valence-corrected chi connectivity index (χ0v) is 14.8. The van der Waals surface area contributed by atoms with Crippen LogP contribution in [0, 0.1) is 0 Å². The van der Waals surface area contributed by atoms with Crippen molar-refractivity contribution in [2.75, 3.05) is 51.9 Å². The fourth-order valence-corrected chi connectivity index (χ4v) is 3.26. The maximum absolute atomic E-state index is 12.2. The van der Waals surface area contributed by atoms with Gasteiger partial charge >= 0.3 is 6.03 Å². The predicted molar refractivity (Wildman–Crippen MR) is 95.5 cm³/mol. The maximum atomic E-state index is 12.2. The Labute approximate surface area is 148 Å². The van der Waals surface area contributed by atoms with Crippen molar-refractivity contribution in [2.24, 2.45) is 0 Å². The van der Waals surface area contributed by atoms with E-state index in [9.17, 15) is 4.79 Å². The van der Waals surface area contributed by atoms with Crippen molar-refractivity contribution in [2.45, 2.75) is 25.3 Å². The summed E-state index contributed by atoms with van der Waals surface area (Å²) in [6.07, 6.45) is 3.13. The van der Waals surface area contributed by atoms with Gasteiger partial charge in [0.05, 0.1) is 19.8 Å². The third-order valence-corrected chi connectivity index (χ3v) is 4.59. The van der Waals surface area contributed by atoms with Crippen LogP contribution < -0.4 is 20.1 Å². The number of carbonyl (C=O) groups is 1. The Bertz CT molecular complexity index is 581. The highest BCUT2D eigenvalue weighted by Crippen LogP contribution is 2.32. The van der Waals surface area contributed by atoms with Crippen molar-refractivity contribution in [3.8, 4) is 11.5 Å². The smallest absolute Gasteiger partial charge is 0.319 e. The number of benzene rings is 1. The molecule has 0 bridgehead atoms. The average Bonchev–Trinajstić information content (AvgIpc) is 2.93. The van der Waals surface area contributed by atoms with Crippen molar-refractivity contribution < 1.29 is 19.0 Å². The lowest BCUT2D eigenvalue weighted by Gasteiger charge is -2.24. The molecule has 0 unspecified atom stereocenters. The molecule has 1 atom stereocenters. The minimum Gasteiger partial charge on any atom is -0.490 e. The molecule has 0 aromatic heterocycles. The number of amides is 2. The number of anilines is 1. The van der Waals surface area contributed by atoms with Crippen LogP contribution in [0.25, 0.3) is 0 Å². The molecular formula is C18H27N3O4. The lowest BCUT2D eigenvalue weighted by atomic mass is 10.2. The first-order valence-corrected chi connectivity index (χ1v) is 8.94. The summed E-state index contributed by atoms with van der Waals surface area (Å²) < 4.78 is 16.4. The first kappa shape index (κ1) is 17.8. The van der Waals surface area contributed by atoms with Gasteiger partial charge in [-0.3, -0.25) is 4.90 Å². The molecule has 1 aromatic carbocycles. The Balaban J connectivity index is 1.48. The van der Waals surface area contributed by atoms with Gasteiger partial charge in [0.25, 0.3) is 0 Å². The van der Waals surface area contributed by atoms with E-state index in [-0.39, 0.29) is 6.03 Å². The van der Waals surface area contributed by atoms with Gasteiger partial charge in [-0.15, -0.1) is 0 Å². The molecule has 0 radical (unpaired) electrons. The van der Waals surface area contributed by atoms with E-state index in [1.807, 2.05) is 12.1 Å². The van der Waals surface area contributed by atoms with E-state index in [2.05, 4.69) is 15.5 Å². The molecule has 3 rings (SSSR count). The molecule has 0 spiro atoms. The summed E-state index contributed by atoms with van der Waals surface area (Å²) >= 11 is 0. The van der Waals surface area contributed by atoms with Gasteiger partial charge in [0, 0.05) is 44.4 Å². The second kappa shape index (κ2) is 8.92. The van der Waals surface area contributed by atoms with Crippen molar-refractivity contribution >= 4 is 11.7 Å². The molecule has 7 nitrogen and oxygen atoms in total. The lowest BCUT2D eigenvalue weighted by molar-refractivity contribution is 0.140.